The molecule has 2 N–H and O–H groups in total. The van der Waals surface area contributed by atoms with Gasteiger partial charge in [-0.05, 0) is 53.0 Å². The lowest BCUT2D eigenvalue weighted by molar-refractivity contribution is 0.222. The number of aromatic nitrogens is 1. The molecule has 1 aromatic heterocycles. The normalized spacial score (nSPS) is 12.1. The molecule has 1 aromatic carbocycles. The van der Waals surface area contributed by atoms with Crippen molar-refractivity contribution in [3.63, 3.8) is 0 Å². The zero-order chi connectivity index (χ0) is 18.1. The van der Waals surface area contributed by atoms with Crippen LogP contribution in [-0.4, -0.2) is 37.2 Å². The number of aliphatic imine (C=N–C) groups is 1. The van der Waals surface area contributed by atoms with Crippen molar-refractivity contribution in [2.75, 3.05) is 20.1 Å². The van der Waals surface area contributed by atoms with Gasteiger partial charge in [0.25, 0.3) is 0 Å². The van der Waals surface area contributed by atoms with E-state index in [0.717, 1.165) is 34.7 Å². The van der Waals surface area contributed by atoms with E-state index in [1.165, 1.54) is 0 Å². The van der Waals surface area contributed by atoms with E-state index in [0.29, 0.717) is 11.7 Å². The smallest absolute Gasteiger partial charge is 0.191 e. The molecule has 0 bridgehead atoms. The van der Waals surface area contributed by atoms with Crippen LogP contribution in [0.4, 0.5) is 0 Å². The number of nitrogens with one attached hydrogen (secondary N) is 2. The number of ether oxygens (including phenoxy) is 1. The predicted molar refractivity (Wildman–Crippen MR) is 122 cm³/mol. The van der Waals surface area contributed by atoms with Crippen LogP contribution in [0.5, 0.6) is 5.75 Å². The molecule has 0 amide bonds. The minimum atomic E-state index is -0.00212. The second-order valence-corrected chi connectivity index (χ2v) is 6.72. The third-order valence-electron chi connectivity index (χ3n) is 3.44. The fourth-order valence-electron chi connectivity index (χ4n) is 2.14. The van der Waals surface area contributed by atoms with Crippen LogP contribution in [0, 0.1) is 0 Å². The van der Waals surface area contributed by atoms with Crippen molar-refractivity contribution in [1.29, 1.82) is 0 Å². The first kappa shape index (κ1) is 23.0. The monoisotopic (exact) mass is 552 g/mol. The van der Waals surface area contributed by atoms with Gasteiger partial charge < -0.3 is 15.4 Å². The van der Waals surface area contributed by atoms with Crippen molar-refractivity contribution >= 4 is 57.5 Å². The number of hydrogen-bond donors (Lipinski definition) is 2. The molecule has 1 heterocycles. The second-order valence-electron chi connectivity index (χ2n) is 5.48. The maximum atomic E-state index is 5.91. The van der Waals surface area contributed by atoms with Crippen LogP contribution in [0.3, 0.4) is 0 Å². The van der Waals surface area contributed by atoms with Crippen molar-refractivity contribution in [1.82, 2.24) is 15.6 Å². The van der Waals surface area contributed by atoms with E-state index in [1.54, 1.807) is 19.3 Å². The molecule has 0 aliphatic heterocycles. The summed E-state index contributed by atoms with van der Waals surface area (Å²) in [6, 6.07) is 11.6. The molecule has 1 atom stereocenters. The summed E-state index contributed by atoms with van der Waals surface area (Å²) in [5, 5.41) is 7.05. The molecule has 0 saturated carbocycles. The summed E-state index contributed by atoms with van der Waals surface area (Å²) >= 11 is 9.27. The molecule has 0 fully saturated rings. The van der Waals surface area contributed by atoms with Crippen LogP contribution >= 0.6 is 51.5 Å². The Morgan fingerprint density at radius 3 is 2.69 bits per heavy atom. The minimum absolute atomic E-state index is 0. The average Bonchev–Trinajstić information content (AvgIpc) is 2.61. The molecule has 8 heteroatoms. The first-order valence-corrected chi connectivity index (χ1v) is 9.21. The van der Waals surface area contributed by atoms with Gasteiger partial charge in [-0.2, -0.15) is 0 Å². The van der Waals surface area contributed by atoms with E-state index in [4.69, 9.17) is 16.3 Å². The van der Waals surface area contributed by atoms with E-state index >= 15 is 0 Å². The fraction of sp³-hybridized carbons (Fsp3) is 0.333. The summed E-state index contributed by atoms with van der Waals surface area (Å²) in [6.45, 7) is 3.41. The predicted octanol–water partition coefficient (Wildman–Crippen LogP) is 4.29. The Hall–Kier alpha value is -1.06. The van der Waals surface area contributed by atoms with Crippen molar-refractivity contribution in [2.24, 2.45) is 4.99 Å². The third kappa shape index (κ3) is 8.09. The molecule has 1 unspecified atom stereocenters. The Morgan fingerprint density at radius 1 is 1.27 bits per heavy atom. The van der Waals surface area contributed by atoms with Gasteiger partial charge in [0.15, 0.2) is 5.96 Å². The summed E-state index contributed by atoms with van der Waals surface area (Å²) in [7, 11) is 1.75. The van der Waals surface area contributed by atoms with Crippen molar-refractivity contribution < 1.29 is 4.74 Å². The molecule has 2 rings (SSSR count). The van der Waals surface area contributed by atoms with Gasteiger partial charge in [0, 0.05) is 19.8 Å². The molecule has 5 nitrogen and oxygen atoms in total. The number of nitrogens with zero attached hydrogens (tertiary/aromatic N) is 2. The Kier molecular flexibility index (Phi) is 10.9. The van der Waals surface area contributed by atoms with Crippen molar-refractivity contribution in [3.05, 3.63) is 57.8 Å². The topological polar surface area (TPSA) is 58.5 Å². The highest BCUT2D eigenvalue weighted by Crippen LogP contribution is 2.24. The van der Waals surface area contributed by atoms with E-state index in [2.05, 4.69) is 36.5 Å². The zero-order valence-corrected chi connectivity index (χ0v) is 19.4. The van der Waals surface area contributed by atoms with Gasteiger partial charge in [-0.15, -0.1) is 24.0 Å². The molecule has 0 aliphatic rings. The van der Waals surface area contributed by atoms with Crippen LogP contribution in [0.15, 0.2) is 52.1 Å². The van der Waals surface area contributed by atoms with Gasteiger partial charge in [0.2, 0.25) is 0 Å². The van der Waals surface area contributed by atoms with Gasteiger partial charge in [0.1, 0.15) is 17.0 Å². The lowest BCUT2D eigenvalue weighted by atomic mass is 10.2. The van der Waals surface area contributed by atoms with Crippen LogP contribution in [0.1, 0.15) is 12.5 Å². The van der Waals surface area contributed by atoms with Crippen molar-refractivity contribution in [2.45, 2.75) is 19.4 Å². The number of pyridine rings is 1. The highest BCUT2D eigenvalue weighted by Gasteiger charge is 2.07. The van der Waals surface area contributed by atoms with Crippen LogP contribution in [-0.2, 0) is 6.42 Å². The van der Waals surface area contributed by atoms with E-state index in [1.807, 2.05) is 37.3 Å². The van der Waals surface area contributed by atoms with Gasteiger partial charge >= 0.3 is 0 Å². The second kappa shape index (κ2) is 12.3. The third-order valence-corrected chi connectivity index (χ3v) is 4.32. The SMILES string of the molecule is CN=C(NCCc1ccc(Cl)nc1)NCC(C)Oc1ccccc1Br.I. The molecule has 0 saturated heterocycles. The van der Waals surface area contributed by atoms with Crippen LogP contribution in [0.25, 0.3) is 0 Å². The summed E-state index contributed by atoms with van der Waals surface area (Å²) in [4.78, 5) is 8.30. The fourth-order valence-corrected chi connectivity index (χ4v) is 2.63. The lowest BCUT2D eigenvalue weighted by Crippen LogP contribution is -2.42. The number of hydrogen-bond acceptors (Lipinski definition) is 3. The number of halogens is 3. The highest BCUT2D eigenvalue weighted by atomic mass is 127. The highest BCUT2D eigenvalue weighted by molar-refractivity contribution is 14.0. The first-order chi connectivity index (χ1) is 12.1. The molecular formula is C18H23BrClIN4O. The van der Waals surface area contributed by atoms with E-state index < -0.39 is 0 Å². The summed E-state index contributed by atoms with van der Waals surface area (Å²) in [5.41, 5.74) is 1.12. The largest absolute Gasteiger partial charge is 0.488 e. The zero-order valence-electron chi connectivity index (χ0n) is 14.7. The Balaban J connectivity index is 0.00000338. The van der Waals surface area contributed by atoms with Gasteiger partial charge in [-0.3, -0.25) is 4.99 Å². The molecular weight excluding hydrogens is 530 g/mol. The van der Waals surface area contributed by atoms with Gasteiger partial charge in [0.05, 0.1) is 11.0 Å². The average molecular weight is 554 g/mol. The Morgan fingerprint density at radius 2 is 2.04 bits per heavy atom. The summed E-state index contributed by atoms with van der Waals surface area (Å²) in [5.74, 6) is 1.57. The van der Waals surface area contributed by atoms with Gasteiger partial charge in [-0.1, -0.05) is 29.8 Å². The maximum absolute atomic E-state index is 5.91. The molecule has 26 heavy (non-hydrogen) atoms. The first-order valence-electron chi connectivity index (χ1n) is 8.04. The van der Waals surface area contributed by atoms with Crippen LogP contribution in [0.2, 0.25) is 5.15 Å². The molecule has 2 aromatic rings. The Labute approximate surface area is 185 Å². The molecule has 0 aliphatic carbocycles. The molecule has 142 valence electrons. The number of rotatable bonds is 7. The number of para-hydroxylation sites is 1. The van der Waals surface area contributed by atoms with Crippen LogP contribution < -0.4 is 15.4 Å². The minimum Gasteiger partial charge on any atom is -0.488 e. The summed E-state index contributed by atoms with van der Waals surface area (Å²) in [6.07, 6.45) is 2.62. The quantitative estimate of drug-likeness (QED) is 0.233. The van der Waals surface area contributed by atoms with Crippen molar-refractivity contribution in [3.8, 4) is 5.75 Å². The lowest BCUT2D eigenvalue weighted by Gasteiger charge is -2.18. The molecule has 0 spiro atoms. The maximum Gasteiger partial charge on any atom is 0.191 e. The van der Waals surface area contributed by atoms with E-state index in [9.17, 15) is 0 Å². The van der Waals surface area contributed by atoms with E-state index in [-0.39, 0.29) is 30.1 Å². The number of benzene rings is 1. The van der Waals surface area contributed by atoms with Gasteiger partial charge in [-0.25, -0.2) is 4.98 Å². The number of guanidine groups is 1. The summed E-state index contributed by atoms with van der Waals surface area (Å²) < 4.78 is 6.86. The standard InChI is InChI=1S/C18H22BrClN4O.HI/c1-13(25-16-6-4-3-5-15(16)19)11-24-18(21-2)22-10-9-14-7-8-17(20)23-12-14;/h3-8,12-13H,9-11H2,1-2H3,(H2,21,22,24);1H. The Bertz CT molecular complexity index is 700. The molecule has 0 radical (unpaired) electrons.